The topological polar surface area (TPSA) is 44.8 Å². The van der Waals surface area contributed by atoms with Crippen LogP contribution in [0, 0.1) is 0 Å². The van der Waals surface area contributed by atoms with Crippen molar-refractivity contribution in [3.05, 3.63) is 129 Å². The number of ether oxygens (including phenoxy) is 2. The maximum absolute atomic E-state index is 14.2. The molecule has 0 aliphatic carbocycles. The molecule has 0 bridgehead atoms. The number of ketones is 1. The molecule has 0 aromatic heterocycles. The highest BCUT2D eigenvalue weighted by molar-refractivity contribution is 9.10. The van der Waals surface area contributed by atoms with Gasteiger partial charge in [-0.1, -0.05) is 97.4 Å². The third-order valence-electron chi connectivity index (χ3n) is 7.89. The molecule has 0 N–H and O–H groups in total. The Morgan fingerprint density at radius 3 is 2.14 bits per heavy atom. The number of carbonyl (C=O) groups is 1. The lowest BCUT2D eigenvalue weighted by Gasteiger charge is -2.36. The minimum atomic E-state index is -4.88. The van der Waals surface area contributed by atoms with Crippen LogP contribution in [0.1, 0.15) is 59.3 Å². The summed E-state index contributed by atoms with van der Waals surface area (Å²) in [5.41, 5.74) is 3.25. The number of alkyl halides is 3. The lowest BCUT2D eigenvalue weighted by atomic mass is 9.82. The fourth-order valence-electron chi connectivity index (χ4n) is 4.43. The first-order valence-corrected chi connectivity index (χ1v) is 17.9. The van der Waals surface area contributed by atoms with Gasteiger partial charge >= 0.3 is 6.36 Å². The van der Waals surface area contributed by atoms with Crippen LogP contribution >= 0.6 is 15.9 Å². The van der Waals surface area contributed by atoms with Crippen molar-refractivity contribution in [2.24, 2.45) is 0 Å². The molecule has 0 heterocycles. The van der Waals surface area contributed by atoms with E-state index in [1.165, 1.54) is 18.2 Å². The molecular weight excluding hydrogens is 649 g/mol. The largest absolute Gasteiger partial charge is 0.573 e. The molecule has 4 aromatic rings. The highest BCUT2D eigenvalue weighted by atomic mass is 79.9. The van der Waals surface area contributed by atoms with E-state index >= 15 is 0 Å². The average Bonchev–Trinajstić information content (AvgIpc) is 2.96. The summed E-state index contributed by atoms with van der Waals surface area (Å²) in [5, 5.41) is -0.0472. The van der Waals surface area contributed by atoms with Crippen LogP contribution in [-0.2, 0) is 17.6 Å². The molecule has 4 rings (SSSR count). The number of halogens is 4. The Bertz CT molecular complexity index is 1570. The third-order valence-corrected chi connectivity index (χ3v) is 12.9. The van der Waals surface area contributed by atoms with E-state index in [2.05, 4.69) is 54.5 Å². The Kier molecular flexibility index (Phi) is 10.4. The molecule has 0 saturated heterocycles. The van der Waals surface area contributed by atoms with Gasteiger partial charge in [0.25, 0.3) is 0 Å². The first-order valence-electron chi connectivity index (χ1n) is 14.2. The van der Waals surface area contributed by atoms with Crippen molar-refractivity contribution >= 4 is 30.0 Å². The van der Waals surface area contributed by atoms with Crippen molar-refractivity contribution in [3.63, 3.8) is 0 Å². The minimum Gasteiger partial charge on any atom is -0.489 e. The molecule has 1 atom stereocenters. The number of carbonyl (C=O) groups excluding carboxylic acids is 1. The quantitative estimate of drug-likeness (QED) is 0.116. The van der Waals surface area contributed by atoms with Crippen LogP contribution in [0.3, 0.4) is 0 Å². The molecule has 0 saturated carbocycles. The van der Waals surface area contributed by atoms with Crippen LogP contribution in [0.15, 0.2) is 102 Å². The Morgan fingerprint density at radius 1 is 0.818 bits per heavy atom. The summed E-state index contributed by atoms with van der Waals surface area (Å²) in [6, 6.07) is 27.9. The van der Waals surface area contributed by atoms with Gasteiger partial charge in [-0.05, 0) is 76.8 Å². The molecule has 0 aliphatic rings. The molecule has 4 nitrogen and oxygen atoms in total. The van der Waals surface area contributed by atoms with Crippen LogP contribution in [0.25, 0.3) is 0 Å². The molecule has 0 radical (unpaired) electrons. The first kappa shape index (κ1) is 33.5. The van der Waals surface area contributed by atoms with Crippen molar-refractivity contribution in [1.82, 2.24) is 0 Å². The maximum Gasteiger partial charge on any atom is 0.573 e. The van der Waals surface area contributed by atoms with Crippen LogP contribution in [0.5, 0.6) is 11.5 Å². The second kappa shape index (κ2) is 13.7. The van der Waals surface area contributed by atoms with E-state index in [1.807, 2.05) is 72.8 Å². The van der Waals surface area contributed by atoms with Crippen molar-refractivity contribution in [3.8, 4) is 11.5 Å². The van der Waals surface area contributed by atoms with Gasteiger partial charge in [0.2, 0.25) is 0 Å². The molecule has 0 fully saturated rings. The van der Waals surface area contributed by atoms with Gasteiger partial charge in [0.05, 0.1) is 12.5 Å². The van der Waals surface area contributed by atoms with Gasteiger partial charge in [-0.2, -0.15) is 0 Å². The van der Waals surface area contributed by atoms with Crippen LogP contribution in [0.2, 0.25) is 18.1 Å². The first-order chi connectivity index (χ1) is 20.6. The molecule has 0 spiro atoms. The van der Waals surface area contributed by atoms with Crippen molar-refractivity contribution < 1.29 is 31.9 Å². The van der Waals surface area contributed by atoms with Gasteiger partial charge in [0, 0.05) is 10.0 Å². The molecule has 44 heavy (non-hydrogen) atoms. The Morgan fingerprint density at radius 2 is 1.50 bits per heavy atom. The number of Topliss-reactive ketones (excluding diaryl/α,β-unsaturated/α-hetero) is 1. The summed E-state index contributed by atoms with van der Waals surface area (Å²) in [7, 11) is -2.20. The van der Waals surface area contributed by atoms with Gasteiger partial charge in [-0.15, -0.1) is 13.2 Å². The summed E-state index contributed by atoms with van der Waals surface area (Å²) in [6.45, 7) is 11.4. The van der Waals surface area contributed by atoms with Crippen molar-refractivity contribution in [2.45, 2.75) is 64.4 Å². The Labute approximate surface area is 266 Å². The number of benzene rings is 4. The zero-order valence-electron chi connectivity index (χ0n) is 25.4. The second-order valence-electron chi connectivity index (χ2n) is 12.1. The molecule has 0 aliphatic heterocycles. The summed E-state index contributed by atoms with van der Waals surface area (Å²) in [6.07, 6.45) is -4.88. The van der Waals surface area contributed by atoms with E-state index in [-0.39, 0.29) is 23.0 Å². The van der Waals surface area contributed by atoms with Crippen LogP contribution < -0.4 is 9.47 Å². The van der Waals surface area contributed by atoms with Crippen molar-refractivity contribution in [1.29, 1.82) is 0 Å². The van der Waals surface area contributed by atoms with Crippen molar-refractivity contribution in [2.75, 3.05) is 0 Å². The summed E-state index contributed by atoms with van der Waals surface area (Å²) in [5.74, 6) is -1.03. The highest BCUT2D eigenvalue weighted by Gasteiger charge is 2.38. The average molecular weight is 686 g/mol. The fourth-order valence-corrected chi connectivity index (χ4v) is 5.65. The Hall–Kier alpha value is -3.40. The molecular formula is C35H36BrF3O4Si. The molecule has 1 unspecified atom stereocenters. The van der Waals surface area contributed by atoms with Gasteiger partial charge < -0.3 is 13.9 Å². The zero-order valence-corrected chi connectivity index (χ0v) is 28.0. The predicted molar refractivity (Wildman–Crippen MR) is 173 cm³/mol. The summed E-state index contributed by atoms with van der Waals surface area (Å²) < 4.78 is 56.7. The zero-order chi connectivity index (χ0) is 32.1. The molecule has 4 aromatic carbocycles. The van der Waals surface area contributed by atoms with Crippen LogP contribution in [-0.4, -0.2) is 20.5 Å². The minimum absolute atomic E-state index is 0.0472. The Balaban J connectivity index is 1.79. The smallest absolute Gasteiger partial charge is 0.489 e. The van der Waals surface area contributed by atoms with Crippen LogP contribution in [0.4, 0.5) is 13.2 Å². The molecule has 0 amide bonds. The highest BCUT2D eigenvalue weighted by Crippen LogP contribution is 2.39. The SMILES string of the molecule is CC(C)(C)[Si](C)(C)OCc1cc(OCc2ccccc2)ccc1C(C(=O)c1cccc(OC(F)(F)F)c1)c1ccc(Br)cc1. The van der Waals surface area contributed by atoms with Gasteiger partial charge in [0.15, 0.2) is 14.1 Å². The van der Waals surface area contributed by atoms with E-state index < -0.39 is 26.3 Å². The lowest BCUT2D eigenvalue weighted by Crippen LogP contribution is -2.40. The van der Waals surface area contributed by atoms with Gasteiger partial charge in [-0.3, -0.25) is 4.79 Å². The summed E-state index contributed by atoms with van der Waals surface area (Å²) in [4.78, 5) is 14.2. The van der Waals surface area contributed by atoms with E-state index in [1.54, 1.807) is 0 Å². The number of hydrogen-bond donors (Lipinski definition) is 0. The van der Waals surface area contributed by atoms with E-state index in [9.17, 15) is 18.0 Å². The van der Waals surface area contributed by atoms with Gasteiger partial charge in [0.1, 0.15) is 18.1 Å². The fraction of sp³-hybridized carbons (Fsp3) is 0.286. The third kappa shape index (κ3) is 8.83. The standard InChI is InChI=1S/C35H36BrF3O4Si/c1-34(2,3)44(4,5)42-23-27-21-29(41-22-24-10-7-6-8-11-24)18-19-31(27)32(25-14-16-28(36)17-15-25)33(40)26-12-9-13-30(20-26)43-35(37,38)39/h6-21,32H,22-23H2,1-5H3. The lowest BCUT2D eigenvalue weighted by molar-refractivity contribution is -0.274. The maximum atomic E-state index is 14.2. The number of hydrogen-bond acceptors (Lipinski definition) is 4. The molecule has 9 heteroatoms. The van der Waals surface area contributed by atoms with Gasteiger partial charge in [-0.25, -0.2) is 0 Å². The number of rotatable bonds is 11. The van der Waals surface area contributed by atoms with E-state index in [4.69, 9.17) is 9.16 Å². The predicted octanol–water partition coefficient (Wildman–Crippen LogP) is 10.5. The second-order valence-corrected chi connectivity index (χ2v) is 17.8. The van der Waals surface area contributed by atoms with E-state index in [0.29, 0.717) is 23.5 Å². The monoisotopic (exact) mass is 684 g/mol. The normalized spacial score (nSPS) is 12.9. The summed E-state index contributed by atoms with van der Waals surface area (Å²) >= 11 is 3.46. The van der Waals surface area contributed by atoms with E-state index in [0.717, 1.165) is 21.7 Å². The molecule has 232 valence electrons.